The summed E-state index contributed by atoms with van der Waals surface area (Å²) < 4.78 is 34.1. The molecule has 2 aliphatic carbocycles. The summed E-state index contributed by atoms with van der Waals surface area (Å²) in [4.78, 5) is 48.4. The fourth-order valence-electron chi connectivity index (χ4n) is 6.87. The van der Waals surface area contributed by atoms with Crippen LogP contribution in [0.1, 0.15) is 57.8 Å². The molecule has 1 saturated heterocycles. The van der Waals surface area contributed by atoms with Gasteiger partial charge in [0.1, 0.15) is 23.7 Å². The Kier molecular flexibility index (Phi) is 8.84. The molecule has 0 bridgehead atoms. The zero-order chi connectivity index (χ0) is 33.3. The van der Waals surface area contributed by atoms with Crippen LogP contribution in [0, 0.1) is 5.92 Å². The van der Waals surface area contributed by atoms with Gasteiger partial charge in [0, 0.05) is 29.5 Å². The van der Waals surface area contributed by atoms with Crippen molar-refractivity contribution in [2.75, 3.05) is 11.9 Å². The van der Waals surface area contributed by atoms with Crippen LogP contribution in [0.15, 0.2) is 78.9 Å². The van der Waals surface area contributed by atoms with E-state index in [1.165, 1.54) is 0 Å². The van der Waals surface area contributed by atoms with Crippen LogP contribution in [-0.4, -0.2) is 71.5 Å². The van der Waals surface area contributed by atoms with Crippen molar-refractivity contribution in [3.05, 3.63) is 78.9 Å². The molecule has 3 N–H and O–H groups in total. The van der Waals surface area contributed by atoms with Crippen LogP contribution in [0.3, 0.4) is 0 Å². The third-order valence-corrected chi connectivity index (χ3v) is 11.6. The van der Waals surface area contributed by atoms with Crippen molar-refractivity contribution in [1.29, 1.82) is 0 Å². The number of carbonyl (C=O) groups is 3. The largest absolute Gasteiger partial charge is 0.472 e. The molecule has 7 rings (SSSR count). The number of amides is 3. The van der Waals surface area contributed by atoms with Crippen molar-refractivity contribution in [2.45, 2.75) is 86.8 Å². The summed E-state index contributed by atoms with van der Waals surface area (Å²) in [7, 11) is -3.83. The number of nitrogens with zero attached hydrogens (tertiary/aromatic N) is 2. The smallest absolute Gasteiger partial charge is 0.259 e. The van der Waals surface area contributed by atoms with Gasteiger partial charge in [0.2, 0.25) is 27.7 Å². The summed E-state index contributed by atoms with van der Waals surface area (Å²) in [6.07, 6.45) is 8.84. The number of benzene rings is 2. The van der Waals surface area contributed by atoms with Crippen LogP contribution in [0.2, 0.25) is 0 Å². The van der Waals surface area contributed by atoms with Gasteiger partial charge in [0.05, 0.1) is 17.3 Å². The Bertz CT molecular complexity index is 1830. The number of anilines is 1. The number of aromatic nitrogens is 1. The van der Waals surface area contributed by atoms with Crippen molar-refractivity contribution in [3.8, 4) is 5.88 Å². The summed E-state index contributed by atoms with van der Waals surface area (Å²) in [6, 6.07) is 19.4. The molecule has 0 spiro atoms. The molecule has 3 fully saturated rings. The molecule has 3 heterocycles. The molecule has 12 heteroatoms. The van der Waals surface area contributed by atoms with Gasteiger partial charge in [-0.25, -0.2) is 13.4 Å². The van der Waals surface area contributed by atoms with Crippen molar-refractivity contribution in [1.82, 2.24) is 19.9 Å². The van der Waals surface area contributed by atoms with Crippen molar-refractivity contribution >= 4 is 44.3 Å². The fraction of sp³-hybridized carbons (Fsp3) is 0.444. The first kappa shape index (κ1) is 32.1. The van der Waals surface area contributed by atoms with Gasteiger partial charge in [-0.3, -0.25) is 19.1 Å². The van der Waals surface area contributed by atoms with Gasteiger partial charge in [-0.1, -0.05) is 61.4 Å². The van der Waals surface area contributed by atoms with E-state index in [9.17, 15) is 22.8 Å². The van der Waals surface area contributed by atoms with Crippen molar-refractivity contribution in [3.63, 3.8) is 0 Å². The Morgan fingerprint density at radius 2 is 1.75 bits per heavy atom. The number of pyridine rings is 1. The maximum Gasteiger partial charge on any atom is 0.259 e. The number of rotatable bonds is 7. The molecule has 2 aromatic carbocycles. The van der Waals surface area contributed by atoms with Crippen LogP contribution in [0.4, 0.5) is 5.69 Å². The summed E-state index contributed by atoms with van der Waals surface area (Å²) in [5.74, 6) is -1.43. The molecule has 3 aromatic rings. The second kappa shape index (κ2) is 13.2. The quantitative estimate of drug-likeness (QED) is 0.319. The van der Waals surface area contributed by atoms with Gasteiger partial charge in [-0.15, -0.1) is 0 Å². The minimum atomic E-state index is -3.83. The van der Waals surface area contributed by atoms with Gasteiger partial charge >= 0.3 is 0 Å². The number of para-hydroxylation sites is 2. The highest BCUT2D eigenvalue weighted by atomic mass is 32.2. The zero-order valence-corrected chi connectivity index (χ0v) is 27.5. The first-order valence-electron chi connectivity index (χ1n) is 16.9. The number of sulfonamides is 1. The molecule has 252 valence electrons. The number of allylic oxidation sites excluding steroid dienone is 1. The van der Waals surface area contributed by atoms with Gasteiger partial charge in [0.15, 0.2) is 0 Å². The lowest BCUT2D eigenvalue weighted by molar-refractivity contribution is -0.140. The van der Waals surface area contributed by atoms with Crippen molar-refractivity contribution in [2.24, 2.45) is 5.92 Å². The number of carbonyl (C=O) groups excluding carboxylic acids is 3. The minimum absolute atomic E-state index is 0.150. The van der Waals surface area contributed by atoms with E-state index >= 15 is 0 Å². The van der Waals surface area contributed by atoms with E-state index in [1.807, 2.05) is 72.8 Å². The Hall–Kier alpha value is -4.45. The van der Waals surface area contributed by atoms with E-state index in [-0.39, 0.29) is 31.2 Å². The molecule has 2 saturated carbocycles. The van der Waals surface area contributed by atoms with E-state index in [1.54, 1.807) is 11.0 Å². The topological polar surface area (TPSA) is 147 Å². The van der Waals surface area contributed by atoms with E-state index in [4.69, 9.17) is 4.74 Å². The summed E-state index contributed by atoms with van der Waals surface area (Å²) in [5, 5.41) is 6.72. The molecule has 0 unspecified atom stereocenters. The molecule has 11 nitrogen and oxygen atoms in total. The number of hydrogen-bond donors (Lipinski definition) is 3. The number of nitrogens with one attached hydrogen (secondary N) is 3. The standard InChI is InChI=1S/C36H41N5O6S/c42-33-31-21-27(47-32-20-17-24-11-9-10-15-29(24)38-32)23-41(31)34(43)30(37-26-13-6-4-7-14-26)16-8-3-1-2-5-12-25-22-36(25,39-33)35(44)40-48(45,46)28-18-19-28/h4-7,9-15,17,20,25,27-28,30-31,37H,1-3,8,16,18-19,21-23H2,(H,39,42)(H,40,44)/b12-5-/t25-,27-,30+,31+,36-/m1/s1. The lowest BCUT2D eigenvalue weighted by Crippen LogP contribution is -2.57. The van der Waals surface area contributed by atoms with Crippen LogP contribution in [0.5, 0.6) is 5.88 Å². The summed E-state index contributed by atoms with van der Waals surface area (Å²) in [6.45, 7) is 0.150. The lowest BCUT2D eigenvalue weighted by Gasteiger charge is -2.30. The molecule has 4 aliphatic rings. The second-order valence-corrected chi connectivity index (χ2v) is 15.4. The predicted octanol–water partition coefficient (Wildman–Crippen LogP) is 4.07. The van der Waals surface area contributed by atoms with E-state index < -0.39 is 50.8 Å². The van der Waals surface area contributed by atoms with Gasteiger partial charge in [-0.05, 0) is 62.8 Å². The molecule has 2 aliphatic heterocycles. The number of fused-ring (bicyclic) bond motifs is 3. The van der Waals surface area contributed by atoms with Crippen LogP contribution in [0.25, 0.3) is 10.9 Å². The van der Waals surface area contributed by atoms with E-state index in [0.29, 0.717) is 25.1 Å². The maximum atomic E-state index is 14.4. The normalized spacial score (nSPS) is 28.6. The SMILES string of the molecule is O=C1N[C@]2(C(=O)NS(=O)(=O)C3CC3)C[C@H]2/C=C\CCCCC[C@H](Nc2ccccc2)C(=O)N2C[C@H](Oc3ccc4ccccc4n3)C[C@@H]12. The first-order valence-corrected chi connectivity index (χ1v) is 18.5. The molecule has 0 radical (unpaired) electrons. The molecule has 48 heavy (non-hydrogen) atoms. The molecule has 5 atom stereocenters. The Balaban J connectivity index is 1.18. The Labute approximate surface area is 280 Å². The molecule has 3 amide bonds. The maximum absolute atomic E-state index is 14.4. The average Bonchev–Trinajstić information content (AvgIpc) is 4.01. The number of ether oxygens (including phenoxy) is 1. The molecular weight excluding hydrogens is 630 g/mol. The zero-order valence-electron chi connectivity index (χ0n) is 26.7. The number of hydrogen-bond acceptors (Lipinski definition) is 8. The predicted molar refractivity (Wildman–Crippen MR) is 181 cm³/mol. The van der Waals surface area contributed by atoms with Crippen LogP contribution in [-0.2, 0) is 24.4 Å². The second-order valence-electron chi connectivity index (χ2n) is 13.4. The van der Waals surface area contributed by atoms with E-state index in [0.717, 1.165) is 42.3 Å². The molecule has 1 aromatic heterocycles. The third-order valence-electron chi connectivity index (χ3n) is 9.82. The minimum Gasteiger partial charge on any atom is -0.472 e. The third kappa shape index (κ3) is 6.89. The Morgan fingerprint density at radius 1 is 0.958 bits per heavy atom. The van der Waals surface area contributed by atoms with E-state index in [2.05, 4.69) is 20.3 Å². The van der Waals surface area contributed by atoms with Crippen LogP contribution >= 0.6 is 0 Å². The van der Waals surface area contributed by atoms with Crippen LogP contribution < -0.4 is 20.1 Å². The highest BCUT2D eigenvalue weighted by Gasteiger charge is 2.62. The first-order chi connectivity index (χ1) is 23.2. The lowest BCUT2D eigenvalue weighted by atomic mass is 10.0. The molecular formula is C36H41N5O6S. The Morgan fingerprint density at radius 3 is 2.56 bits per heavy atom. The van der Waals surface area contributed by atoms with Gasteiger partial charge in [-0.2, -0.15) is 0 Å². The van der Waals surface area contributed by atoms with Gasteiger partial charge in [0.25, 0.3) is 5.91 Å². The fourth-order valence-corrected chi connectivity index (χ4v) is 8.23. The average molecular weight is 672 g/mol. The highest BCUT2D eigenvalue weighted by Crippen LogP contribution is 2.46. The van der Waals surface area contributed by atoms with Gasteiger partial charge < -0.3 is 20.3 Å². The summed E-state index contributed by atoms with van der Waals surface area (Å²) >= 11 is 0. The van der Waals surface area contributed by atoms with Crippen molar-refractivity contribution < 1.29 is 27.5 Å². The summed E-state index contributed by atoms with van der Waals surface area (Å²) in [5.41, 5.74) is 0.162. The monoisotopic (exact) mass is 671 g/mol. The highest BCUT2D eigenvalue weighted by molar-refractivity contribution is 7.91.